The number of piperidine rings is 1. The molecule has 0 radical (unpaired) electrons. The van der Waals surface area contributed by atoms with Crippen LogP contribution in [0.4, 0.5) is 0 Å². The molecule has 6 heteroatoms. The zero-order valence-corrected chi connectivity index (χ0v) is 12.2. The molecular weight excluding hydrogens is 258 g/mol. The third kappa shape index (κ3) is 2.90. The van der Waals surface area contributed by atoms with Gasteiger partial charge < -0.3 is 10.0 Å². The number of hydrogen-bond acceptors (Lipinski definition) is 4. The molecule has 1 fully saturated rings. The van der Waals surface area contributed by atoms with Gasteiger partial charge in [-0.1, -0.05) is 0 Å². The zero-order valence-electron chi connectivity index (χ0n) is 12.2. The van der Waals surface area contributed by atoms with Gasteiger partial charge in [-0.3, -0.25) is 9.36 Å². The number of nitrogens with zero attached hydrogens (tertiary/aromatic N) is 3. The number of likely N-dealkylation sites (tertiary alicyclic amines) is 1. The van der Waals surface area contributed by atoms with E-state index in [1.54, 1.807) is 11.5 Å². The number of aryl methyl sites for hydroxylation is 1. The second kappa shape index (κ2) is 5.75. The lowest BCUT2D eigenvalue weighted by atomic mass is 10.0. The van der Waals surface area contributed by atoms with Gasteiger partial charge in [0.2, 0.25) is 0 Å². The van der Waals surface area contributed by atoms with Crippen LogP contribution in [0.3, 0.4) is 0 Å². The highest BCUT2D eigenvalue weighted by molar-refractivity contribution is 5.70. The summed E-state index contributed by atoms with van der Waals surface area (Å²) in [6, 6.07) is 0.0851. The van der Waals surface area contributed by atoms with Crippen LogP contribution >= 0.6 is 0 Å². The topological polar surface area (TPSA) is 75.4 Å². The highest BCUT2D eigenvalue weighted by Gasteiger charge is 2.23. The quantitative estimate of drug-likeness (QED) is 0.884. The summed E-state index contributed by atoms with van der Waals surface area (Å²) in [4.78, 5) is 29.4. The van der Waals surface area contributed by atoms with Crippen LogP contribution in [0.15, 0.2) is 4.79 Å². The second-order valence-corrected chi connectivity index (χ2v) is 5.54. The molecule has 1 saturated heterocycles. The number of carboxylic acid groups (broad SMARTS) is 1. The lowest BCUT2D eigenvalue weighted by Gasteiger charge is -2.32. The minimum atomic E-state index is -0.899. The molecule has 20 heavy (non-hydrogen) atoms. The van der Waals surface area contributed by atoms with Gasteiger partial charge in [-0.15, -0.1) is 0 Å². The number of carbonyl (C=O) groups is 1. The maximum atomic E-state index is 12.2. The van der Waals surface area contributed by atoms with E-state index < -0.39 is 5.97 Å². The highest BCUT2D eigenvalue weighted by atomic mass is 16.4. The van der Waals surface area contributed by atoms with Gasteiger partial charge in [0, 0.05) is 23.5 Å². The summed E-state index contributed by atoms with van der Waals surface area (Å²) in [6.07, 6.45) is 1.88. The third-order valence-corrected chi connectivity index (χ3v) is 4.00. The van der Waals surface area contributed by atoms with E-state index in [1.165, 1.54) is 0 Å². The van der Waals surface area contributed by atoms with E-state index in [0.717, 1.165) is 31.6 Å². The third-order valence-electron chi connectivity index (χ3n) is 4.00. The van der Waals surface area contributed by atoms with Crippen LogP contribution in [0.5, 0.6) is 0 Å². The van der Waals surface area contributed by atoms with Crippen LogP contribution in [0.2, 0.25) is 0 Å². The molecule has 1 unspecified atom stereocenters. The van der Waals surface area contributed by atoms with E-state index >= 15 is 0 Å². The van der Waals surface area contributed by atoms with Crippen molar-refractivity contribution in [1.29, 1.82) is 0 Å². The number of likely N-dealkylation sites (N-methyl/N-ethyl adjacent to an activating group) is 1. The minimum Gasteiger partial charge on any atom is -0.481 e. The Labute approximate surface area is 118 Å². The molecule has 0 aliphatic carbocycles. The fourth-order valence-corrected chi connectivity index (χ4v) is 3.00. The summed E-state index contributed by atoms with van der Waals surface area (Å²) in [5, 5.41) is 9.01. The molecule has 1 aromatic rings. The summed E-state index contributed by atoms with van der Waals surface area (Å²) in [5.41, 5.74) is 1.65. The average Bonchev–Trinajstić information content (AvgIpc) is 2.34. The van der Waals surface area contributed by atoms with Crippen LogP contribution in [-0.2, 0) is 11.2 Å². The fraction of sp³-hybridized carbons (Fsp3) is 0.643. The number of aromatic nitrogens is 2. The van der Waals surface area contributed by atoms with Crippen LogP contribution in [0.25, 0.3) is 0 Å². The Morgan fingerprint density at radius 1 is 1.45 bits per heavy atom. The van der Waals surface area contributed by atoms with Gasteiger partial charge >= 0.3 is 11.7 Å². The van der Waals surface area contributed by atoms with Crippen molar-refractivity contribution in [3.05, 3.63) is 27.4 Å². The smallest absolute Gasteiger partial charge is 0.348 e. The normalized spacial score (nSPS) is 20.1. The minimum absolute atomic E-state index is 0.0851. The second-order valence-electron chi connectivity index (χ2n) is 5.54. The SMILES string of the molecule is Cc1nc(=O)n(C2CCCN(C)C2)c(C)c1CC(=O)O. The molecule has 1 aromatic heterocycles. The first-order chi connectivity index (χ1) is 9.40. The molecule has 1 N–H and O–H groups in total. The Morgan fingerprint density at radius 2 is 2.15 bits per heavy atom. The van der Waals surface area contributed by atoms with Crippen molar-refractivity contribution in [3.63, 3.8) is 0 Å². The van der Waals surface area contributed by atoms with Crippen LogP contribution in [-0.4, -0.2) is 45.7 Å². The first kappa shape index (κ1) is 14.7. The lowest BCUT2D eigenvalue weighted by Crippen LogP contribution is -2.40. The van der Waals surface area contributed by atoms with Crippen LogP contribution in [0, 0.1) is 13.8 Å². The van der Waals surface area contributed by atoms with Crippen molar-refractivity contribution in [3.8, 4) is 0 Å². The molecule has 2 rings (SSSR count). The molecule has 1 aliphatic rings. The average molecular weight is 279 g/mol. The van der Waals surface area contributed by atoms with Gasteiger partial charge in [0.25, 0.3) is 0 Å². The Morgan fingerprint density at radius 3 is 2.75 bits per heavy atom. The van der Waals surface area contributed by atoms with Crippen molar-refractivity contribution in [2.45, 2.75) is 39.2 Å². The maximum Gasteiger partial charge on any atom is 0.348 e. The van der Waals surface area contributed by atoms with Gasteiger partial charge in [0.05, 0.1) is 12.5 Å². The predicted molar refractivity (Wildman–Crippen MR) is 75.1 cm³/mol. The zero-order chi connectivity index (χ0) is 14.9. The molecule has 0 bridgehead atoms. The number of hydrogen-bond donors (Lipinski definition) is 1. The Balaban J connectivity index is 2.47. The largest absolute Gasteiger partial charge is 0.481 e. The summed E-state index contributed by atoms with van der Waals surface area (Å²) in [7, 11) is 2.03. The maximum absolute atomic E-state index is 12.2. The molecule has 0 amide bonds. The fourth-order valence-electron chi connectivity index (χ4n) is 3.00. The van der Waals surface area contributed by atoms with E-state index in [9.17, 15) is 9.59 Å². The lowest BCUT2D eigenvalue weighted by molar-refractivity contribution is -0.136. The van der Waals surface area contributed by atoms with Crippen molar-refractivity contribution >= 4 is 5.97 Å². The first-order valence-corrected chi connectivity index (χ1v) is 6.89. The Bertz CT molecular complexity index is 580. The van der Waals surface area contributed by atoms with Gasteiger partial charge in [-0.2, -0.15) is 4.98 Å². The van der Waals surface area contributed by atoms with Crippen molar-refractivity contribution in [1.82, 2.24) is 14.5 Å². The molecule has 2 heterocycles. The van der Waals surface area contributed by atoms with Gasteiger partial charge in [0.15, 0.2) is 0 Å². The Hall–Kier alpha value is -1.69. The number of carboxylic acids is 1. The Kier molecular flexibility index (Phi) is 4.23. The van der Waals surface area contributed by atoms with E-state index in [4.69, 9.17) is 5.11 Å². The number of aliphatic carboxylic acids is 1. The molecule has 1 atom stereocenters. The molecular formula is C14H21N3O3. The highest BCUT2D eigenvalue weighted by Crippen LogP contribution is 2.22. The molecule has 6 nitrogen and oxygen atoms in total. The van der Waals surface area contributed by atoms with E-state index in [2.05, 4.69) is 9.88 Å². The van der Waals surface area contributed by atoms with Crippen molar-refractivity contribution in [2.75, 3.05) is 20.1 Å². The van der Waals surface area contributed by atoms with Gasteiger partial charge in [-0.25, -0.2) is 4.79 Å². The van der Waals surface area contributed by atoms with Gasteiger partial charge in [-0.05, 0) is 40.3 Å². The van der Waals surface area contributed by atoms with E-state index in [1.807, 2.05) is 14.0 Å². The first-order valence-electron chi connectivity index (χ1n) is 6.89. The van der Waals surface area contributed by atoms with Crippen molar-refractivity contribution < 1.29 is 9.90 Å². The van der Waals surface area contributed by atoms with Crippen molar-refractivity contribution in [2.24, 2.45) is 0 Å². The van der Waals surface area contributed by atoms with Crippen LogP contribution < -0.4 is 5.69 Å². The van der Waals surface area contributed by atoms with Crippen LogP contribution in [0.1, 0.15) is 35.8 Å². The monoisotopic (exact) mass is 279 g/mol. The molecule has 0 saturated carbocycles. The molecule has 110 valence electrons. The summed E-state index contributed by atoms with van der Waals surface area (Å²) in [5.74, 6) is -0.899. The van der Waals surface area contributed by atoms with E-state index in [0.29, 0.717) is 11.3 Å². The predicted octanol–water partition coefficient (Wildman–Crippen LogP) is 0.754. The van der Waals surface area contributed by atoms with Gasteiger partial charge in [0.1, 0.15) is 0 Å². The molecule has 0 spiro atoms. The standard InChI is InChI=1S/C14H21N3O3/c1-9-12(7-13(18)19)10(2)17(14(20)15-9)11-5-4-6-16(3)8-11/h11H,4-8H2,1-3H3,(H,18,19). The molecule has 0 aromatic carbocycles. The summed E-state index contributed by atoms with van der Waals surface area (Å²) in [6.45, 7) is 5.36. The van der Waals surface area contributed by atoms with E-state index in [-0.39, 0.29) is 18.2 Å². The molecule has 1 aliphatic heterocycles. The summed E-state index contributed by atoms with van der Waals surface area (Å²) >= 11 is 0. The number of rotatable bonds is 3. The summed E-state index contributed by atoms with van der Waals surface area (Å²) < 4.78 is 1.68.